The summed E-state index contributed by atoms with van der Waals surface area (Å²) in [4.78, 5) is 26.3. The summed E-state index contributed by atoms with van der Waals surface area (Å²) >= 11 is 7.36. The molecule has 1 aliphatic carbocycles. The zero-order chi connectivity index (χ0) is 24.3. The number of hydrogen-bond acceptors (Lipinski definition) is 9. The number of aliphatic hydroxyl groups excluding tert-OH is 1. The van der Waals surface area contributed by atoms with Gasteiger partial charge >= 0.3 is 10.3 Å². The highest BCUT2D eigenvalue weighted by Gasteiger charge is 2.35. The average Bonchev–Trinajstić information content (AvgIpc) is 3.38. The lowest BCUT2D eigenvalue weighted by Gasteiger charge is -2.13. The molecule has 3 aromatic rings. The highest BCUT2D eigenvalue weighted by molar-refractivity contribution is 7.84. The van der Waals surface area contributed by atoms with Gasteiger partial charge in [-0.2, -0.15) is 8.42 Å². The average molecular weight is 523 g/mol. The molecule has 1 aliphatic rings. The van der Waals surface area contributed by atoms with Gasteiger partial charge in [0.05, 0.1) is 33.9 Å². The van der Waals surface area contributed by atoms with Gasteiger partial charge in [-0.25, -0.2) is 15.1 Å². The standard InChI is InChI=1S/C22H23ClN4O5S2/c23-17-3-14(7-25-8-17)1-15-6-21(33-11-15)22(29)18-9-26-12-27-19(18)4-13-2-16(20(28)5-13)10-32-34(24,30)31/h3,6-9,11-13,16,20,28H,1-2,4-5,10H2,(H2,24,30,31)/t13-,16+,20-/m0/s1. The van der Waals surface area contributed by atoms with Crippen molar-refractivity contribution in [1.82, 2.24) is 15.0 Å². The molecular weight excluding hydrogens is 500 g/mol. The number of nitrogens with zero attached hydrogens (tertiary/aromatic N) is 3. The molecule has 0 amide bonds. The van der Waals surface area contributed by atoms with E-state index in [0.29, 0.717) is 46.8 Å². The second kappa shape index (κ2) is 10.5. The van der Waals surface area contributed by atoms with Crippen LogP contribution in [0.4, 0.5) is 0 Å². The molecular formula is C22H23ClN4O5S2. The van der Waals surface area contributed by atoms with Crippen LogP contribution in [0.3, 0.4) is 0 Å². The SMILES string of the molecule is NS(=O)(=O)OC[C@H]1C[C@@H](Cc2ncncc2C(=O)c2cc(Cc3cncc(Cl)c3)cs2)C[C@@H]1O. The lowest BCUT2D eigenvalue weighted by atomic mass is 9.96. The zero-order valence-electron chi connectivity index (χ0n) is 18.0. The van der Waals surface area contributed by atoms with Crippen LogP contribution in [0, 0.1) is 11.8 Å². The van der Waals surface area contributed by atoms with Crippen LogP contribution in [0.25, 0.3) is 0 Å². The molecule has 0 aliphatic heterocycles. The van der Waals surface area contributed by atoms with Crippen molar-refractivity contribution in [1.29, 1.82) is 0 Å². The van der Waals surface area contributed by atoms with Gasteiger partial charge in [0.15, 0.2) is 0 Å². The van der Waals surface area contributed by atoms with Gasteiger partial charge in [-0.1, -0.05) is 11.6 Å². The Morgan fingerprint density at radius 2 is 2.03 bits per heavy atom. The van der Waals surface area contributed by atoms with E-state index in [0.717, 1.165) is 11.1 Å². The molecule has 0 radical (unpaired) electrons. The molecule has 4 rings (SSSR count). The maximum Gasteiger partial charge on any atom is 0.333 e. The molecule has 3 heterocycles. The number of nitrogens with two attached hydrogens (primary N) is 1. The summed E-state index contributed by atoms with van der Waals surface area (Å²) in [5.74, 6) is -0.506. The predicted octanol–water partition coefficient (Wildman–Crippen LogP) is 2.56. The van der Waals surface area contributed by atoms with Gasteiger partial charge in [0.2, 0.25) is 5.78 Å². The van der Waals surface area contributed by atoms with Crippen molar-refractivity contribution in [2.75, 3.05) is 6.61 Å². The van der Waals surface area contributed by atoms with Crippen molar-refractivity contribution in [3.63, 3.8) is 0 Å². The minimum absolute atomic E-state index is 0.0137. The Labute approximate surface area is 206 Å². The molecule has 0 aromatic carbocycles. The normalized spacial score (nSPS) is 20.5. The molecule has 0 saturated heterocycles. The molecule has 1 saturated carbocycles. The molecule has 180 valence electrons. The number of ketones is 1. The minimum Gasteiger partial charge on any atom is -0.393 e. The second-order valence-electron chi connectivity index (χ2n) is 8.37. The highest BCUT2D eigenvalue weighted by atomic mass is 35.5. The van der Waals surface area contributed by atoms with Gasteiger partial charge < -0.3 is 5.11 Å². The second-order valence-corrected chi connectivity index (χ2v) is 10.9. The van der Waals surface area contributed by atoms with Crippen LogP contribution in [0.2, 0.25) is 5.02 Å². The fraction of sp³-hybridized carbons (Fsp3) is 0.364. The van der Waals surface area contributed by atoms with Crippen molar-refractivity contribution in [2.24, 2.45) is 17.0 Å². The van der Waals surface area contributed by atoms with Crippen molar-refractivity contribution in [2.45, 2.75) is 31.8 Å². The molecule has 9 nitrogen and oxygen atoms in total. The van der Waals surface area contributed by atoms with Crippen LogP contribution >= 0.6 is 22.9 Å². The largest absolute Gasteiger partial charge is 0.393 e. The Bertz CT molecular complexity index is 1280. The summed E-state index contributed by atoms with van der Waals surface area (Å²) in [6.07, 6.45) is 7.56. The first-order valence-electron chi connectivity index (χ1n) is 10.5. The summed E-state index contributed by atoms with van der Waals surface area (Å²) in [5, 5.41) is 17.7. The van der Waals surface area contributed by atoms with E-state index in [1.807, 2.05) is 17.5 Å². The number of aliphatic hydroxyl groups is 1. The van der Waals surface area contributed by atoms with Gasteiger partial charge in [-0.3, -0.25) is 14.0 Å². The van der Waals surface area contributed by atoms with E-state index in [2.05, 4.69) is 19.1 Å². The van der Waals surface area contributed by atoms with Crippen molar-refractivity contribution >= 4 is 39.0 Å². The number of aromatic nitrogens is 3. The predicted molar refractivity (Wildman–Crippen MR) is 127 cm³/mol. The van der Waals surface area contributed by atoms with E-state index in [1.54, 1.807) is 12.4 Å². The third-order valence-electron chi connectivity index (χ3n) is 5.77. The number of thiophene rings is 1. The number of hydrogen-bond donors (Lipinski definition) is 2. The van der Waals surface area contributed by atoms with Crippen LogP contribution in [-0.2, 0) is 27.3 Å². The highest BCUT2D eigenvalue weighted by Crippen LogP contribution is 2.34. The van der Waals surface area contributed by atoms with E-state index in [-0.39, 0.29) is 24.2 Å². The van der Waals surface area contributed by atoms with Gasteiger partial charge in [0, 0.05) is 24.5 Å². The lowest BCUT2D eigenvalue weighted by molar-refractivity contribution is 0.100. The number of carbonyl (C=O) groups excluding carboxylic acids is 1. The van der Waals surface area contributed by atoms with Crippen LogP contribution in [0.15, 0.2) is 42.4 Å². The smallest absolute Gasteiger partial charge is 0.333 e. The van der Waals surface area contributed by atoms with E-state index in [1.165, 1.54) is 23.9 Å². The fourth-order valence-corrected chi connectivity index (χ4v) is 5.66. The Hall–Kier alpha value is -2.28. The summed E-state index contributed by atoms with van der Waals surface area (Å²) in [6, 6.07) is 3.69. The van der Waals surface area contributed by atoms with E-state index >= 15 is 0 Å². The Morgan fingerprint density at radius 3 is 2.79 bits per heavy atom. The maximum absolute atomic E-state index is 13.2. The molecule has 3 aromatic heterocycles. The summed E-state index contributed by atoms with van der Waals surface area (Å²) in [6.45, 7) is -0.174. The lowest BCUT2D eigenvalue weighted by Crippen LogP contribution is -2.24. The van der Waals surface area contributed by atoms with Crippen molar-refractivity contribution in [3.8, 4) is 0 Å². The number of pyridine rings is 1. The summed E-state index contributed by atoms with van der Waals surface area (Å²) in [5.41, 5.74) is 2.94. The third kappa shape index (κ3) is 6.44. The molecule has 12 heteroatoms. The first kappa shape index (κ1) is 24.8. The fourth-order valence-electron chi connectivity index (χ4n) is 4.23. The quantitative estimate of drug-likeness (QED) is 0.408. The topological polar surface area (TPSA) is 145 Å². The van der Waals surface area contributed by atoms with Crippen LogP contribution in [-0.4, -0.2) is 47.0 Å². The number of halogens is 1. The monoisotopic (exact) mass is 522 g/mol. The van der Waals surface area contributed by atoms with Crippen LogP contribution in [0.1, 0.15) is 44.9 Å². The molecule has 0 bridgehead atoms. The minimum atomic E-state index is -4.07. The Kier molecular flexibility index (Phi) is 7.70. The molecule has 34 heavy (non-hydrogen) atoms. The third-order valence-corrected chi connectivity index (χ3v) is 7.42. The molecule has 0 unspecified atom stereocenters. The Balaban J connectivity index is 1.44. The number of rotatable bonds is 9. The van der Waals surface area contributed by atoms with Gasteiger partial charge in [0.1, 0.15) is 6.33 Å². The number of carbonyl (C=O) groups is 1. The van der Waals surface area contributed by atoms with E-state index < -0.39 is 16.4 Å². The molecule has 1 fully saturated rings. The van der Waals surface area contributed by atoms with Gasteiger partial charge in [-0.15, -0.1) is 11.3 Å². The molecule has 3 atom stereocenters. The molecule has 3 N–H and O–H groups in total. The van der Waals surface area contributed by atoms with Gasteiger partial charge in [-0.05, 0) is 60.2 Å². The van der Waals surface area contributed by atoms with Gasteiger partial charge in [0.25, 0.3) is 0 Å². The van der Waals surface area contributed by atoms with E-state index in [4.69, 9.17) is 16.7 Å². The first-order chi connectivity index (χ1) is 16.2. The van der Waals surface area contributed by atoms with E-state index in [9.17, 15) is 18.3 Å². The van der Waals surface area contributed by atoms with Crippen LogP contribution < -0.4 is 5.14 Å². The van der Waals surface area contributed by atoms with Crippen LogP contribution in [0.5, 0.6) is 0 Å². The van der Waals surface area contributed by atoms with Crippen molar-refractivity contribution in [3.05, 3.63) is 74.7 Å². The van der Waals surface area contributed by atoms with Crippen molar-refractivity contribution < 1.29 is 22.5 Å². The first-order valence-corrected chi connectivity index (χ1v) is 13.3. The summed E-state index contributed by atoms with van der Waals surface area (Å²) < 4.78 is 26.8. The Morgan fingerprint density at radius 1 is 1.21 bits per heavy atom. The molecule has 0 spiro atoms. The zero-order valence-corrected chi connectivity index (χ0v) is 20.4. The maximum atomic E-state index is 13.2. The summed E-state index contributed by atoms with van der Waals surface area (Å²) in [7, 11) is -4.07.